The van der Waals surface area contributed by atoms with Crippen molar-refractivity contribution in [2.45, 2.75) is 48.0 Å². The molecular formula is C15H24O. The van der Waals surface area contributed by atoms with Crippen LogP contribution in [0.3, 0.4) is 0 Å². The van der Waals surface area contributed by atoms with Crippen molar-refractivity contribution in [2.24, 2.45) is 17.3 Å². The molecule has 0 saturated heterocycles. The molecule has 0 radical (unpaired) electrons. The number of ketones is 1. The molecule has 0 aromatic heterocycles. The van der Waals surface area contributed by atoms with Crippen LogP contribution in [0.4, 0.5) is 0 Å². The van der Waals surface area contributed by atoms with Gasteiger partial charge in [0.1, 0.15) is 0 Å². The fourth-order valence-electron chi connectivity index (χ4n) is 2.57. The minimum absolute atomic E-state index is 0.0625. The first-order valence-corrected chi connectivity index (χ1v) is 6.16. The highest BCUT2D eigenvalue weighted by Crippen LogP contribution is 2.45. The van der Waals surface area contributed by atoms with Crippen LogP contribution in [0.15, 0.2) is 23.3 Å². The standard InChI is InChI=1S/C15H24O/c1-7-10(2)14(16)13-11(3)8-9-12(4)15(13,5)6/h7-8,12-13H,9H2,1-6H3/t12-,13+/m0/s1. The van der Waals surface area contributed by atoms with Crippen molar-refractivity contribution in [2.75, 3.05) is 0 Å². The second-order valence-corrected chi connectivity index (χ2v) is 5.68. The zero-order valence-corrected chi connectivity index (χ0v) is 11.4. The number of Topliss-reactive ketones (excluding diaryl/α,β-unsaturated/α-hetero) is 1. The monoisotopic (exact) mass is 220 g/mol. The van der Waals surface area contributed by atoms with Crippen molar-refractivity contribution >= 4 is 5.78 Å². The first-order chi connectivity index (χ1) is 7.32. The van der Waals surface area contributed by atoms with Gasteiger partial charge in [0.25, 0.3) is 0 Å². The van der Waals surface area contributed by atoms with Crippen molar-refractivity contribution in [1.82, 2.24) is 0 Å². The summed E-state index contributed by atoms with van der Waals surface area (Å²) in [5.41, 5.74) is 2.20. The van der Waals surface area contributed by atoms with Gasteiger partial charge in [0.15, 0.2) is 5.78 Å². The van der Waals surface area contributed by atoms with E-state index in [9.17, 15) is 4.79 Å². The Kier molecular flexibility index (Phi) is 3.77. The number of allylic oxidation sites excluding steroid dienone is 4. The zero-order valence-electron chi connectivity index (χ0n) is 11.4. The van der Waals surface area contributed by atoms with E-state index in [4.69, 9.17) is 0 Å². The molecule has 0 aliphatic heterocycles. The van der Waals surface area contributed by atoms with E-state index >= 15 is 0 Å². The molecule has 16 heavy (non-hydrogen) atoms. The fourth-order valence-corrected chi connectivity index (χ4v) is 2.57. The highest BCUT2D eigenvalue weighted by molar-refractivity contribution is 5.98. The molecule has 1 heteroatoms. The quantitative estimate of drug-likeness (QED) is 0.504. The summed E-state index contributed by atoms with van der Waals surface area (Å²) in [4.78, 5) is 12.4. The molecule has 0 unspecified atom stereocenters. The van der Waals surface area contributed by atoms with Gasteiger partial charge in [-0.15, -0.1) is 0 Å². The topological polar surface area (TPSA) is 17.1 Å². The van der Waals surface area contributed by atoms with E-state index in [1.165, 1.54) is 5.57 Å². The van der Waals surface area contributed by atoms with Crippen LogP contribution in [0, 0.1) is 17.3 Å². The van der Waals surface area contributed by atoms with Crippen LogP contribution in [0.2, 0.25) is 0 Å². The summed E-state index contributed by atoms with van der Waals surface area (Å²) in [6.45, 7) is 12.6. The third-order valence-corrected chi connectivity index (χ3v) is 4.35. The molecule has 0 bridgehead atoms. The normalized spacial score (nSPS) is 29.9. The highest BCUT2D eigenvalue weighted by atomic mass is 16.1. The highest BCUT2D eigenvalue weighted by Gasteiger charge is 2.42. The number of carbonyl (C=O) groups excluding carboxylic acids is 1. The molecule has 1 nitrogen and oxygen atoms in total. The molecular weight excluding hydrogens is 196 g/mol. The van der Waals surface area contributed by atoms with E-state index in [2.05, 4.69) is 33.8 Å². The van der Waals surface area contributed by atoms with Crippen LogP contribution in [-0.4, -0.2) is 5.78 Å². The number of carbonyl (C=O) groups is 1. The average molecular weight is 220 g/mol. The first kappa shape index (κ1) is 13.2. The van der Waals surface area contributed by atoms with Gasteiger partial charge < -0.3 is 0 Å². The summed E-state index contributed by atoms with van der Waals surface area (Å²) in [5.74, 6) is 0.926. The van der Waals surface area contributed by atoms with Gasteiger partial charge in [0, 0.05) is 5.92 Å². The van der Waals surface area contributed by atoms with E-state index in [0.717, 1.165) is 12.0 Å². The van der Waals surface area contributed by atoms with Gasteiger partial charge in [-0.3, -0.25) is 4.79 Å². The van der Waals surface area contributed by atoms with Gasteiger partial charge in [-0.2, -0.15) is 0 Å². The number of hydrogen-bond acceptors (Lipinski definition) is 1. The van der Waals surface area contributed by atoms with Gasteiger partial charge in [-0.1, -0.05) is 38.5 Å². The summed E-state index contributed by atoms with van der Waals surface area (Å²) in [7, 11) is 0. The molecule has 0 saturated carbocycles. The lowest BCUT2D eigenvalue weighted by molar-refractivity contribution is -0.122. The Morgan fingerprint density at radius 2 is 2.06 bits per heavy atom. The van der Waals surface area contributed by atoms with Gasteiger partial charge in [0.05, 0.1) is 0 Å². The summed E-state index contributed by atoms with van der Waals surface area (Å²) in [6.07, 6.45) is 5.25. The average Bonchev–Trinajstić information content (AvgIpc) is 2.22. The van der Waals surface area contributed by atoms with Gasteiger partial charge in [-0.25, -0.2) is 0 Å². The van der Waals surface area contributed by atoms with Gasteiger partial charge >= 0.3 is 0 Å². The predicted octanol–water partition coefficient (Wildman–Crippen LogP) is 4.15. The van der Waals surface area contributed by atoms with Crippen LogP contribution in [0.1, 0.15) is 48.0 Å². The second-order valence-electron chi connectivity index (χ2n) is 5.68. The van der Waals surface area contributed by atoms with Crippen LogP contribution in [-0.2, 0) is 4.79 Å². The number of hydrogen-bond donors (Lipinski definition) is 0. The molecule has 0 heterocycles. The smallest absolute Gasteiger partial charge is 0.165 e. The maximum atomic E-state index is 12.4. The Labute approximate surface area is 99.6 Å². The van der Waals surface area contributed by atoms with E-state index < -0.39 is 0 Å². The summed E-state index contributed by atoms with van der Waals surface area (Å²) >= 11 is 0. The lowest BCUT2D eigenvalue weighted by Crippen LogP contribution is -2.39. The van der Waals surface area contributed by atoms with Crippen molar-refractivity contribution < 1.29 is 4.79 Å². The molecule has 90 valence electrons. The largest absolute Gasteiger partial charge is 0.294 e. The minimum atomic E-state index is 0.0625. The summed E-state index contributed by atoms with van der Waals surface area (Å²) in [5, 5.41) is 0. The maximum Gasteiger partial charge on any atom is 0.165 e. The van der Waals surface area contributed by atoms with Gasteiger partial charge in [-0.05, 0) is 44.1 Å². The van der Waals surface area contributed by atoms with Crippen LogP contribution >= 0.6 is 0 Å². The maximum absolute atomic E-state index is 12.4. The molecule has 0 aromatic carbocycles. The van der Waals surface area contributed by atoms with Crippen LogP contribution in [0.25, 0.3) is 0 Å². The SMILES string of the molecule is CC=C(C)C(=O)[C@H]1C(C)=CC[C@H](C)C1(C)C. The molecule has 0 fully saturated rings. The Hall–Kier alpha value is -0.850. The Morgan fingerprint density at radius 1 is 1.50 bits per heavy atom. The molecule has 2 atom stereocenters. The van der Waals surface area contributed by atoms with E-state index in [1.807, 2.05) is 19.9 Å². The third kappa shape index (κ3) is 2.14. The van der Waals surface area contributed by atoms with Crippen molar-refractivity contribution in [3.05, 3.63) is 23.3 Å². The molecule has 0 N–H and O–H groups in total. The molecule has 0 spiro atoms. The van der Waals surface area contributed by atoms with Crippen molar-refractivity contribution in [3.63, 3.8) is 0 Å². The minimum Gasteiger partial charge on any atom is -0.294 e. The number of rotatable bonds is 2. The van der Waals surface area contributed by atoms with Crippen LogP contribution < -0.4 is 0 Å². The molecule has 1 rings (SSSR count). The predicted molar refractivity (Wildman–Crippen MR) is 69.2 cm³/mol. The van der Waals surface area contributed by atoms with Gasteiger partial charge in [0.2, 0.25) is 0 Å². The Balaban J connectivity index is 3.14. The van der Waals surface area contributed by atoms with E-state index in [-0.39, 0.29) is 11.3 Å². The van der Waals surface area contributed by atoms with Crippen LogP contribution in [0.5, 0.6) is 0 Å². The zero-order chi connectivity index (χ0) is 12.5. The van der Waals surface area contributed by atoms with Crippen molar-refractivity contribution in [1.29, 1.82) is 0 Å². The first-order valence-electron chi connectivity index (χ1n) is 6.16. The fraction of sp³-hybridized carbons (Fsp3) is 0.667. The Bertz CT molecular complexity index is 344. The molecule has 1 aliphatic rings. The lowest BCUT2D eigenvalue weighted by Gasteiger charge is -2.42. The van der Waals surface area contributed by atoms with E-state index in [0.29, 0.717) is 11.7 Å². The molecule has 0 amide bonds. The van der Waals surface area contributed by atoms with Crippen molar-refractivity contribution in [3.8, 4) is 0 Å². The molecule has 1 aliphatic carbocycles. The second kappa shape index (κ2) is 4.57. The Morgan fingerprint density at radius 3 is 2.56 bits per heavy atom. The summed E-state index contributed by atoms with van der Waals surface area (Å²) in [6, 6.07) is 0. The summed E-state index contributed by atoms with van der Waals surface area (Å²) < 4.78 is 0. The van der Waals surface area contributed by atoms with E-state index in [1.54, 1.807) is 0 Å². The third-order valence-electron chi connectivity index (χ3n) is 4.35. The molecule has 0 aromatic rings. The lowest BCUT2D eigenvalue weighted by atomic mass is 9.61.